The van der Waals surface area contributed by atoms with Crippen LogP contribution in [0.15, 0.2) is 18.2 Å². The van der Waals surface area contributed by atoms with Crippen LogP contribution in [0, 0.1) is 0 Å². The lowest BCUT2D eigenvalue weighted by molar-refractivity contribution is -0.0796. The number of ether oxygens (including phenoxy) is 2. The topological polar surface area (TPSA) is 44.5 Å². The van der Waals surface area contributed by atoms with Gasteiger partial charge in [0.25, 0.3) is 0 Å². The highest BCUT2D eigenvalue weighted by atomic mass is 35.5. The molecule has 2 rings (SSSR count). The Morgan fingerprint density at radius 1 is 1.53 bits per heavy atom. The molecule has 1 saturated heterocycles. The minimum absolute atomic E-state index is 0.0106. The quantitative estimate of drug-likeness (QED) is 0.861. The summed E-state index contributed by atoms with van der Waals surface area (Å²) < 4.78 is 10.6. The van der Waals surface area contributed by atoms with Crippen LogP contribution in [-0.2, 0) is 4.74 Å². The van der Waals surface area contributed by atoms with Gasteiger partial charge in [-0.15, -0.1) is 0 Å². The van der Waals surface area contributed by atoms with Crippen LogP contribution in [0.25, 0.3) is 0 Å². The third-order valence-electron chi connectivity index (χ3n) is 2.38. The van der Waals surface area contributed by atoms with Crippen molar-refractivity contribution in [2.75, 3.05) is 13.2 Å². The minimum atomic E-state index is -0.0106. The number of benzene rings is 1. The molecule has 1 fully saturated rings. The highest BCUT2D eigenvalue weighted by Crippen LogP contribution is 2.29. The van der Waals surface area contributed by atoms with Gasteiger partial charge < -0.3 is 15.2 Å². The fourth-order valence-corrected chi connectivity index (χ4v) is 1.59. The van der Waals surface area contributed by atoms with E-state index < -0.39 is 0 Å². The fraction of sp³-hybridized carbons (Fsp3) is 0.455. The molecule has 0 spiro atoms. The smallest absolute Gasteiger partial charge is 0.145 e. The van der Waals surface area contributed by atoms with E-state index in [4.69, 9.17) is 26.8 Å². The zero-order chi connectivity index (χ0) is 10.8. The number of hydrogen-bond acceptors (Lipinski definition) is 3. The van der Waals surface area contributed by atoms with Gasteiger partial charge in [-0.3, -0.25) is 0 Å². The molecular weight excluding hydrogens is 214 g/mol. The molecule has 0 bridgehead atoms. The second-order valence-corrected chi connectivity index (χ2v) is 4.16. The van der Waals surface area contributed by atoms with E-state index in [-0.39, 0.29) is 12.1 Å². The van der Waals surface area contributed by atoms with Gasteiger partial charge in [-0.1, -0.05) is 17.7 Å². The van der Waals surface area contributed by atoms with E-state index >= 15 is 0 Å². The Bertz CT molecular complexity index is 350. The summed E-state index contributed by atoms with van der Waals surface area (Å²) in [6.45, 7) is 3.21. The van der Waals surface area contributed by atoms with Crippen molar-refractivity contribution in [1.29, 1.82) is 0 Å². The lowest BCUT2D eigenvalue weighted by Crippen LogP contribution is -2.38. The highest BCUT2D eigenvalue weighted by Gasteiger charge is 2.21. The summed E-state index contributed by atoms with van der Waals surface area (Å²) in [6.07, 6.45) is 0.142. The van der Waals surface area contributed by atoms with Crippen molar-refractivity contribution in [3.8, 4) is 5.75 Å². The molecule has 2 N–H and O–H groups in total. The van der Waals surface area contributed by atoms with Crippen LogP contribution in [0.2, 0.25) is 5.02 Å². The number of nitrogens with two attached hydrogens (primary N) is 1. The first kappa shape index (κ1) is 10.7. The average Bonchev–Trinajstić information content (AvgIpc) is 2.12. The molecule has 0 radical (unpaired) electrons. The molecule has 15 heavy (non-hydrogen) atoms. The summed E-state index contributed by atoms with van der Waals surface area (Å²) in [7, 11) is 0. The van der Waals surface area contributed by atoms with Gasteiger partial charge in [-0.2, -0.15) is 0 Å². The second kappa shape index (κ2) is 4.39. The predicted molar refractivity (Wildman–Crippen MR) is 59.3 cm³/mol. The van der Waals surface area contributed by atoms with Gasteiger partial charge in [0.15, 0.2) is 0 Å². The van der Waals surface area contributed by atoms with Crippen LogP contribution in [0.3, 0.4) is 0 Å². The van der Waals surface area contributed by atoms with Gasteiger partial charge in [-0.25, -0.2) is 0 Å². The summed E-state index contributed by atoms with van der Waals surface area (Å²) >= 11 is 6.08. The van der Waals surface area contributed by atoms with Crippen molar-refractivity contribution < 1.29 is 9.47 Å². The maximum atomic E-state index is 6.08. The minimum Gasteiger partial charge on any atom is -0.484 e. The van der Waals surface area contributed by atoms with Crippen LogP contribution in [0.4, 0.5) is 0 Å². The van der Waals surface area contributed by atoms with Crippen LogP contribution in [0.1, 0.15) is 18.5 Å². The fourth-order valence-electron chi connectivity index (χ4n) is 1.36. The molecule has 4 heteroatoms. The Morgan fingerprint density at radius 2 is 2.27 bits per heavy atom. The molecular formula is C11H14ClNO2. The summed E-state index contributed by atoms with van der Waals surface area (Å²) in [5, 5.41) is 0.608. The van der Waals surface area contributed by atoms with Crippen LogP contribution in [-0.4, -0.2) is 19.3 Å². The summed E-state index contributed by atoms with van der Waals surface area (Å²) in [5.41, 5.74) is 6.76. The summed E-state index contributed by atoms with van der Waals surface area (Å²) in [6, 6.07) is 5.63. The standard InChI is InChI=1S/C11H14ClNO2/c1-7(13)8-2-3-11(10(12)4-8)15-9-5-14-6-9/h2-4,7,9H,5-6,13H2,1H3/t7-/m0/s1. The highest BCUT2D eigenvalue weighted by molar-refractivity contribution is 6.32. The molecule has 1 aliphatic rings. The summed E-state index contributed by atoms with van der Waals surface area (Å²) in [4.78, 5) is 0. The Morgan fingerprint density at radius 3 is 2.73 bits per heavy atom. The third kappa shape index (κ3) is 2.43. The molecule has 1 atom stereocenters. The molecule has 0 aromatic heterocycles. The van der Waals surface area contributed by atoms with Crippen molar-refractivity contribution in [2.45, 2.75) is 19.1 Å². The number of halogens is 1. The van der Waals surface area contributed by atoms with E-state index in [1.807, 2.05) is 25.1 Å². The summed E-state index contributed by atoms with van der Waals surface area (Å²) in [5.74, 6) is 0.703. The molecule has 1 aliphatic heterocycles. The molecule has 1 heterocycles. The number of hydrogen-bond donors (Lipinski definition) is 1. The van der Waals surface area contributed by atoms with E-state index in [1.54, 1.807) is 0 Å². The molecule has 3 nitrogen and oxygen atoms in total. The lowest BCUT2D eigenvalue weighted by Gasteiger charge is -2.27. The molecule has 1 aromatic rings. The Labute approximate surface area is 94.1 Å². The Balaban J connectivity index is 2.11. The Hall–Kier alpha value is -0.770. The predicted octanol–water partition coefficient (Wildman–Crippen LogP) is 2.14. The monoisotopic (exact) mass is 227 g/mol. The van der Waals surface area contributed by atoms with Gasteiger partial charge in [0, 0.05) is 6.04 Å². The van der Waals surface area contributed by atoms with Gasteiger partial charge >= 0.3 is 0 Å². The number of rotatable bonds is 3. The first-order valence-corrected chi connectivity index (χ1v) is 5.34. The van der Waals surface area contributed by atoms with Crippen molar-refractivity contribution >= 4 is 11.6 Å². The van der Waals surface area contributed by atoms with E-state index in [1.165, 1.54) is 0 Å². The zero-order valence-electron chi connectivity index (χ0n) is 8.57. The van der Waals surface area contributed by atoms with Crippen molar-refractivity contribution in [3.63, 3.8) is 0 Å². The van der Waals surface area contributed by atoms with Crippen LogP contribution >= 0.6 is 11.6 Å². The van der Waals surface area contributed by atoms with Crippen molar-refractivity contribution in [1.82, 2.24) is 0 Å². The third-order valence-corrected chi connectivity index (χ3v) is 2.68. The van der Waals surface area contributed by atoms with Crippen molar-refractivity contribution in [3.05, 3.63) is 28.8 Å². The normalized spacial score (nSPS) is 18.3. The molecule has 0 aliphatic carbocycles. The Kier molecular flexibility index (Phi) is 3.14. The van der Waals surface area contributed by atoms with E-state index in [2.05, 4.69) is 0 Å². The first-order chi connectivity index (χ1) is 7.16. The van der Waals surface area contributed by atoms with Gasteiger partial charge in [0.2, 0.25) is 0 Å². The van der Waals surface area contributed by atoms with Gasteiger partial charge in [0.1, 0.15) is 11.9 Å². The maximum Gasteiger partial charge on any atom is 0.145 e. The molecule has 0 unspecified atom stereocenters. The van der Waals surface area contributed by atoms with Crippen LogP contribution < -0.4 is 10.5 Å². The SMILES string of the molecule is C[C@H](N)c1ccc(OC2COC2)c(Cl)c1. The van der Waals surface area contributed by atoms with Gasteiger partial charge in [0.05, 0.1) is 18.2 Å². The molecule has 0 amide bonds. The molecule has 82 valence electrons. The average molecular weight is 228 g/mol. The maximum absolute atomic E-state index is 6.08. The zero-order valence-corrected chi connectivity index (χ0v) is 9.33. The van der Waals surface area contributed by atoms with Crippen molar-refractivity contribution in [2.24, 2.45) is 5.73 Å². The second-order valence-electron chi connectivity index (χ2n) is 3.76. The van der Waals surface area contributed by atoms with E-state index in [9.17, 15) is 0 Å². The molecule has 0 saturated carbocycles. The van der Waals surface area contributed by atoms with E-state index in [0.29, 0.717) is 24.0 Å². The lowest BCUT2D eigenvalue weighted by atomic mass is 10.1. The largest absolute Gasteiger partial charge is 0.484 e. The van der Waals surface area contributed by atoms with Crippen LogP contribution in [0.5, 0.6) is 5.75 Å². The van der Waals surface area contributed by atoms with E-state index in [0.717, 1.165) is 5.56 Å². The first-order valence-electron chi connectivity index (χ1n) is 4.96. The van der Waals surface area contributed by atoms with Gasteiger partial charge in [-0.05, 0) is 24.6 Å². The molecule has 1 aromatic carbocycles.